The van der Waals surface area contributed by atoms with Crippen LogP contribution in [0.15, 0.2) is 18.2 Å². The Morgan fingerprint density at radius 1 is 1.12 bits per heavy atom. The maximum atomic E-state index is 13.0. The summed E-state index contributed by atoms with van der Waals surface area (Å²) in [5.74, 6) is 1.02. The third-order valence-electron chi connectivity index (χ3n) is 6.16. The molecule has 0 unspecified atom stereocenters. The van der Waals surface area contributed by atoms with E-state index in [1.807, 2.05) is 0 Å². The number of hydrogen-bond acceptors (Lipinski definition) is 3. The quantitative estimate of drug-likeness (QED) is 0.907. The molecule has 0 aliphatic carbocycles. The molecule has 0 spiro atoms. The van der Waals surface area contributed by atoms with Crippen molar-refractivity contribution in [2.24, 2.45) is 5.92 Å². The average Bonchev–Trinajstić information content (AvgIpc) is 2.93. The highest BCUT2D eigenvalue weighted by atomic mass is 16.2. The summed E-state index contributed by atoms with van der Waals surface area (Å²) in [5.41, 5.74) is 3.46. The summed E-state index contributed by atoms with van der Waals surface area (Å²) in [6.07, 6.45) is 4.65. The molecule has 0 bridgehead atoms. The minimum Gasteiger partial charge on any atom is -0.331 e. The normalized spacial score (nSPS) is 29.1. The third kappa shape index (κ3) is 2.98. The van der Waals surface area contributed by atoms with E-state index in [4.69, 9.17) is 0 Å². The maximum Gasteiger partial charge on any atom is 0.254 e. The van der Waals surface area contributed by atoms with Gasteiger partial charge in [-0.05, 0) is 75.5 Å². The molecule has 0 aromatic heterocycles. The molecule has 1 aromatic rings. The van der Waals surface area contributed by atoms with Gasteiger partial charge in [-0.3, -0.25) is 4.79 Å². The Bertz CT molecular complexity index is 613. The number of nitrogens with one attached hydrogen (secondary N) is 1. The van der Waals surface area contributed by atoms with Crippen molar-refractivity contribution in [1.29, 1.82) is 0 Å². The van der Waals surface area contributed by atoms with Crippen molar-refractivity contribution in [3.05, 3.63) is 34.9 Å². The Morgan fingerprint density at radius 3 is 2.62 bits per heavy atom. The van der Waals surface area contributed by atoms with Crippen LogP contribution in [0.5, 0.6) is 0 Å². The van der Waals surface area contributed by atoms with Gasteiger partial charge in [-0.15, -0.1) is 0 Å². The van der Waals surface area contributed by atoms with E-state index < -0.39 is 0 Å². The largest absolute Gasteiger partial charge is 0.331 e. The standard InChI is InChI=1S/C20H29N3O/c1-14-3-6-19(21-12-14)15-4-5-16-13-23(20(24)18(16)11-15)17-7-9-22(2)10-8-17/h4-5,11,14,17,19,21H,3,6-10,12-13H2,1-2H3/t14-,19+/m0/s1. The van der Waals surface area contributed by atoms with Crippen molar-refractivity contribution in [2.45, 2.75) is 51.2 Å². The number of likely N-dealkylation sites (tertiary alicyclic amines) is 1. The average molecular weight is 327 g/mol. The van der Waals surface area contributed by atoms with Gasteiger partial charge in [-0.1, -0.05) is 19.1 Å². The molecule has 4 rings (SSSR count). The van der Waals surface area contributed by atoms with Crippen molar-refractivity contribution in [2.75, 3.05) is 26.7 Å². The lowest BCUT2D eigenvalue weighted by atomic mass is 9.91. The molecule has 1 aromatic carbocycles. The Kier molecular flexibility index (Phi) is 4.35. The second-order valence-electron chi connectivity index (χ2n) is 8.03. The van der Waals surface area contributed by atoms with Gasteiger partial charge in [-0.25, -0.2) is 0 Å². The number of carbonyl (C=O) groups excluding carboxylic acids is 1. The van der Waals surface area contributed by atoms with E-state index in [0.717, 1.165) is 50.5 Å². The van der Waals surface area contributed by atoms with E-state index in [0.29, 0.717) is 12.1 Å². The molecule has 0 saturated carbocycles. The molecular weight excluding hydrogens is 298 g/mol. The Balaban J connectivity index is 1.50. The monoisotopic (exact) mass is 327 g/mol. The van der Waals surface area contributed by atoms with E-state index >= 15 is 0 Å². The van der Waals surface area contributed by atoms with Crippen molar-refractivity contribution >= 4 is 5.91 Å². The minimum absolute atomic E-state index is 0.255. The van der Waals surface area contributed by atoms with Crippen LogP contribution in [0.1, 0.15) is 60.1 Å². The smallest absolute Gasteiger partial charge is 0.254 e. The van der Waals surface area contributed by atoms with Crippen LogP contribution in [-0.4, -0.2) is 48.4 Å². The van der Waals surface area contributed by atoms with Gasteiger partial charge in [0.05, 0.1) is 0 Å². The zero-order valence-corrected chi connectivity index (χ0v) is 14.9. The van der Waals surface area contributed by atoms with Crippen molar-refractivity contribution < 1.29 is 4.79 Å². The molecule has 2 fully saturated rings. The number of carbonyl (C=O) groups is 1. The second-order valence-corrected chi connectivity index (χ2v) is 8.03. The van der Waals surface area contributed by atoms with Gasteiger partial charge in [0.25, 0.3) is 5.91 Å². The van der Waals surface area contributed by atoms with Gasteiger partial charge >= 0.3 is 0 Å². The van der Waals surface area contributed by atoms with Gasteiger partial charge in [-0.2, -0.15) is 0 Å². The van der Waals surface area contributed by atoms with Gasteiger partial charge in [0.1, 0.15) is 0 Å². The molecule has 0 radical (unpaired) electrons. The van der Waals surface area contributed by atoms with Crippen molar-refractivity contribution in [3.8, 4) is 0 Å². The summed E-state index contributed by atoms with van der Waals surface area (Å²) in [6, 6.07) is 7.42. The van der Waals surface area contributed by atoms with Crippen LogP contribution in [-0.2, 0) is 6.54 Å². The fourth-order valence-electron chi connectivity index (χ4n) is 4.44. The van der Waals surface area contributed by atoms with E-state index in [1.54, 1.807) is 0 Å². The second kappa shape index (κ2) is 6.49. The number of piperidine rings is 2. The first-order valence-corrected chi connectivity index (χ1v) is 9.47. The van der Waals surface area contributed by atoms with Crippen LogP contribution in [0, 0.1) is 5.92 Å². The van der Waals surface area contributed by atoms with Crippen LogP contribution in [0.3, 0.4) is 0 Å². The molecular formula is C20H29N3O. The Hall–Kier alpha value is -1.39. The van der Waals surface area contributed by atoms with Crippen molar-refractivity contribution in [1.82, 2.24) is 15.1 Å². The zero-order valence-electron chi connectivity index (χ0n) is 14.9. The van der Waals surface area contributed by atoms with Crippen LogP contribution in [0.4, 0.5) is 0 Å². The lowest BCUT2D eigenvalue weighted by Gasteiger charge is -2.34. The fraction of sp³-hybridized carbons (Fsp3) is 0.650. The number of rotatable bonds is 2. The lowest BCUT2D eigenvalue weighted by molar-refractivity contribution is 0.0617. The van der Waals surface area contributed by atoms with Crippen molar-refractivity contribution in [3.63, 3.8) is 0 Å². The van der Waals surface area contributed by atoms with E-state index in [-0.39, 0.29) is 5.91 Å². The highest BCUT2D eigenvalue weighted by Gasteiger charge is 2.34. The number of hydrogen-bond donors (Lipinski definition) is 1. The fourth-order valence-corrected chi connectivity index (χ4v) is 4.44. The molecule has 3 aliphatic heterocycles. The molecule has 4 heteroatoms. The molecule has 1 amide bonds. The van der Waals surface area contributed by atoms with Crippen LogP contribution in [0.2, 0.25) is 0 Å². The first-order chi connectivity index (χ1) is 11.6. The molecule has 130 valence electrons. The number of nitrogens with zero attached hydrogens (tertiary/aromatic N) is 2. The SMILES string of the molecule is C[C@H]1CC[C@H](c2ccc3c(c2)C(=O)N(C2CCN(C)CC2)C3)NC1. The van der Waals surface area contributed by atoms with E-state index in [1.165, 1.54) is 24.0 Å². The molecule has 2 saturated heterocycles. The first kappa shape index (κ1) is 16.1. The number of amides is 1. The van der Waals surface area contributed by atoms with Gasteiger partial charge in [0.15, 0.2) is 0 Å². The van der Waals surface area contributed by atoms with Gasteiger partial charge < -0.3 is 15.1 Å². The first-order valence-electron chi connectivity index (χ1n) is 9.47. The predicted molar refractivity (Wildman–Crippen MR) is 96.0 cm³/mol. The summed E-state index contributed by atoms with van der Waals surface area (Å²) < 4.78 is 0. The Labute approximate surface area is 145 Å². The Morgan fingerprint density at radius 2 is 1.92 bits per heavy atom. The molecule has 3 heterocycles. The summed E-state index contributed by atoms with van der Waals surface area (Å²) >= 11 is 0. The molecule has 2 atom stereocenters. The van der Waals surface area contributed by atoms with Gasteiger partial charge in [0.2, 0.25) is 0 Å². The maximum absolute atomic E-state index is 13.0. The van der Waals surface area contributed by atoms with Crippen LogP contribution in [0.25, 0.3) is 0 Å². The molecule has 24 heavy (non-hydrogen) atoms. The third-order valence-corrected chi connectivity index (χ3v) is 6.16. The summed E-state index contributed by atoms with van der Waals surface area (Å²) in [5, 5.41) is 3.64. The van der Waals surface area contributed by atoms with Crippen LogP contribution >= 0.6 is 0 Å². The molecule has 4 nitrogen and oxygen atoms in total. The zero-order chi connectivity index (χ0) is 16.7. The molecule has 1 N–H and O–H groups in total. The number of benzene rings is 1. The summed E-state index contributed by atoms with van der Waals surface area (Å²) in [6.45, 7) is 6.38. The van der Waals surface area contributed by atoms with E-state index in [9.17, 15) is 4.79 Å². The molecule has 3 aliphatic rings. The predicted octanol–water partition coefficient (Wildman–Crippen LogP) is 2.80. The van der Waals surface area contributed by atoms with Gasteiger partial charge in [0, 0.05) is 24.2 Å². The highest BCUT2D eigenvalue weighted by Crippen LogP contribution is 2.32. The highest BCUT2D eigenvalue weighted by molar-refractivity contribution is 5.98. The topological polar surface area (TPSA) is 35.6 Å². The van der Waals surface area contributed by atoms with E-state index in [2.05, 4.69) is 47.3 Å². The minimum atomic E-state index is 0.255. The summed E-state index contributed by atoms with van der Waals surface area (Å²) in [7, 11) is 2.17. The summed E-state index contributed by atoms with van der Waals surface area (Å²) in [4.78, 5) is 17.4. The number of fused-ring (bicyclic) bond motifs is 1. The van der Waals surface area contributed by atoms with Crippen LogP contribution < -0.4 is 5.32 Å². The lowest BCUT2D eigenvalue weighted by Crippen LogP contribution is -2.43.